The number of ketones is 1. The van der Waals surface area contributed by atoms with Crippen molar-refractivity contribution in [2.75, 3.05) is 7.11 Å². The number of carbonyl (C=O) groups is 2. The Kier molecular flexibility index (Phi) is 3.80. The molecule has 80 valence electrons. The highest BCUT2D eigenvalue weighted by molar-refractivity contribution is 6.32. The van der Waals surface area contributed by atoms with Crippen LogP contribution in [0.25, 0.3) is 0 Å². The molecule has 1 unspecified atom stereocenters. The summed E-state index contributed by atoms with van der Waals surface area (Å²) in [7, 11) is 1.25. The largest absolute Gasteiger partial charge is 0.465 e. The maximum absolute atomic E-state index is 12.4. The van der Waals surface area contributed by atoms with Crippen LogP contribution in [0.3, 0.4) is 0 Å². The minimum atomic E-state index is -2.06. The monoisotopic (exact) mass is 230 g/mol. The number of alkyl halides is 2. The highest BCUT2D eigenvalue weighted by Gasteiger charge is 2.16. The van der Waals surface area contributed by atoms with Gasteiger partial charge in [0.25, 0.3) is 0 Å². The Bertz CT molecular complexity index is 373. The van der Waals surface area contributed by atoms with Gasteiger partial charge in [0.15, 0.2) is 0 Å². The molecule has 0 fully saturated rings. The van der Waals surface area contributed by atoms with E-state index in [1.165, 1.54) is 31.4 Å². The number of methoxy groups -OCH3 is 1. The summed E-state index contributed by atoms with van der Waals surface area (Å²) >= 11 is 4.98. The van der Waals surface area contributed by atoms with Crippen LogP contribution in [-0.2, 0) is 4.74 Å². The van der Waals surface area contributed by atoms with Gasteiger partial charge in [-0.15, -0.1) is 0 Å². The van der Waals surface area contributed by atoms with Crippen molar-refractivity contribution in [1.82, 2.24) is 0 Å². The second-order valence-corrected chi connectivity index (χ2v) is 3.12. The second-order valence-electron chi connectivity index (χ2n) is 2.73. The van der Waals surface area contributed by atoms with Crippen LogP contribution in [0.4, 0.5) is 4.39 Å². The Balaban J connectivity index is 2.90. The van der Waals surface area contributed by atoms with Crippen LogP contribution >= 0.6 is 11.6 Å². The molecule has 1 atom stereocenters. The minimum Gasteiger partial charge on any atom is -0.465 e. The first-order valence-electron chi connectivity index (χ1n) is 4.07. The van der Waals surface area contributed by atoms with Gasteiger partial charge in [-0.1, -0.05) is 23.7 Å². The number of hydrogen-bond donors (Lipinski definition) is 0. The number of benzene rings is 1. The molecule has 0 bridgehead atoms. The average Bonchev–Trinajstić information content (AvgIpc) is 2.27. The van der Waals surface area contributed by atoms with E-state index < -0.39 is 17.4 Å². The van der Waals surface area contributed by atoms with Gasteiger partial charge in [-0.25, -0.2) is 9.18 Å². The normalized spacial score (nSPS) is 11.9. The molecule has 0 heterocycles. The summed E-state index contributed by atoms with van der Waals surface area (Å²) in [6.07, 6.45) is 0. The van der Waals surface area contributed by atoms with Crippen LogP contribution in [-0.4, -0.2) is 24.5 Å². The summed E-state index contributed by atoms with van der Waals surface area (Å²) in [5.74, 6) is -1.34. The van der Waals surface area contributed by atoms with Crippen molar-refractivity contribution in [2.45, 2.75) is 5.63 Å². The quantitative estimate of drug-likeness (QED) is 0.454. The van der Waals surface area contributed by atoms with Gasteiger partial charge < -0.3 is 4.74 Å². The van der Waals surface area contributed by atoms with Gasteiger partial charge in [0.1, 0.15) is 0 Å². The van der Waals surface area contributed by atoms with Crippen molar-refractivity contribution < 1.29 is 18.7 Å². The van der Waals surface area contributed by atoms with Gasteiger partial charge in [0.2, 0.25) is 11.4 Å². The van der Waals surface area contributed by atoms with Crippen molar-refractivity contribution in [3.63, 3.8) is 0 Å². The molecule has 0 aliphatic carbocycles. The zero-order valence-electron chi connectivity index (χ0n) is 7.87. The molecule has 3 nitrogen and oxygen atoms in total. The molecule has 0 aliphatic heterocycles. The number of esters is 1. The fourth-order valence-corrected chi connectivity index (χ4v) is 1.14. The van der Waals surface area contributed by atoms with Gasteiger partial charge >= 0.3 is 5.97 Å². The van der Waals surface area contributed by atoms with Crippen molar-refractivity contribution >= 4 is 23.4 Å². The van der Waals surface area contributed by atoms with Crippen LogP contribution < -0.4 is 0 Å². The van der Waals surface area contributed by atoms with E-state index in [1.54, 1.807) is 0 Å². The molecule has 0 amide bonds. The molecular formula is C10H8ClFO3. The molecule has 0 N–H and O–H groups in total. The summed E-state index contributed by atoms with van der Waals surface area (Å²) in [6, 6.07) is 5.39. The summed E-state index contributed by atoms with van der Waals surface area (Å²) in [5.41, 5.74) is -1.65. The van der Waals surface area contributed by atoms with E-state index in [2.05, 4.69) is 4.74 Å². The number of ether oxygens (including phenoxy) is 1. The van der Waals surface area contributed by atoms with Crippen LogP contribution in [0.2, 0.25) is 0 Å². The zero-order chi connectivity index (χ0) is 11.4. The standard InChI is InChI=1S/C10H8ClFO3/c1-15-10(14)7-4-2-6(3-5-7)8(13)9(11)12/h2-5,9H,1H3. The lowest BCUT2D eigenvalue weighted by Crippen LogP contribution is -2.09. The third-order valence-electron chi connectivity index (χ3n) is 1.79. The first-order valence-corrected chi connectivity index (χ1v) is 4.50. The molecule has 0 radical (unpaired) electrons. The Morgan fingerprint density at radius 1 is 1.27 bits per heavy atom. The number of Topliss-reactive ketones (excluding diaryl/α,β-unsaturated/α-hetero) is 1. The van der Waals surface area contributed by atoms with Crippen LogP contribution in [0.5, 0.6) is 0 Å². The number of rotatable bonds is 3. The topological polar surface area (TPSA) is 43.4 Å². The molecular weight excluding hydrogens is 223 g/mol. The Hall–Kier alpha value is -1.42. The first-order chi connectivity index (χ1) is 7.06. The van der Waals surface area contributed by atoms with Gasteiger partial charge in [-0.2, -0.15) is 0 Å². The fourth-order valence-electron chi connectivity index (χ4n) is 1.01. The molecule has 1 rings (SSSR count). The lowest BCUT2D eigenvalue weighted by atomic mass is 10.1. The summed E-state index contributed by atoms with van der Waals surface area (Å²) in [4.78, 5) is 22.1. The molecule has 1 aromatic rings. The lowest BCUT2D eigenvalue weighted by Gasteiger charge is -2.02. The smallest absolute Gasteiger partial charge is 0.337 e. The second kappa shape index (κ2) is 4.89. The highest BCUT2D eigenvalue weighted by Crippen LogP contribution is 2.11. The van der Waals surface area contributed by atoms with Gasteiger partial charge in [-0.05, 0) is 12.1 Å². The molecule has 15 heavy (non-hydrogen) atoms. The molecule has 1 aromatic carbocycles. The zero-order valence-corrected chi connectivity index (χ0v) is 8.62. The summed E-state index contributed by atoms with van der Waals surface area (Å²) in [5, 5.41) is 0. The van der Waals surface area contributed by atoms with E-state index >= 15 is 0 Å². The molecule has 0 aromatic heterocycles. The highest BCUT2D eigenvalue weighted by atomic mass is 35.5. The predicted molar refractivity (Wildman–Crippen MR) is 52.9 cm³/mol. The van der Waals surface area contributed by atoms with Gasteiger partial charge in [0.05, 0.1) is 12.7 Å². The summed E-state index contributed by atoms with van der Waals surface area (Å²) in [6.45, 7) is 0. The SMILES string of the molecule is COC(=O)c1ccc(C(=O)C(F)Cl)cc1. The van der Waals surface area contributed by atoms with E-state index in [4.69, 9.17) is 11.6 Å². The summed E-state index contributed by atoms with van der Waals surface area (Å²) < 4.78 is 16.9. The third kappa shape index (κ3) is 2.76. The van der Waals surface area contributed by atoms with Crippen molar-refractivity contribution in [3.8, 4) is 0 Å². The van der Waals surface area contributed by atoms with Crippen molar-refractivity contribution in [1.29, 1.82) is 0 Å². The lowest BCUT2D eigenvalue weighted by molar-refractivity contribution is 0.0600. The van der Waals surface area contributed by atoms with E-state index in [0.717, 1.165) is 0 Å². The van der Waals surface area contributed by atoms with Crippen molar-refractivity contribution in [3.05, 3.63) is 35.4 Å². The predicted octanol–water partition coefficient (Wildman–Crippen LogP) is 2.19. The molecule has 0 spiro atoms. The minimum absolute atomic E-state index is 0.116. The van der Waals surface area contributed by atoms with E-state index in [-0.39, 0.29) is 5.56 Å². The van der Waals surface area contributed by atoms with Gasteiger partial charge in [0, 0.05) is 5.56 Å². The Labute approximate surface area is 90.8 Å². The maximum atomic E-state index is 12.4. The number of hydrogen-bond acceptors (Lipinski definition) is 3. The molecule has 0 saturated heterocycles. The fraction of sp³-hybridized carbons (Fsp3) is 0.200. The van der Waals surface area contributed by atoms with Crippen LogP contribution in [0, 0.1) is 0 Å². The van der Waals surface area contributed by atoms with Crippen molar-refractivity contribution in [2.24, 2.45) is 0 Å². The third-order valence-corrected chi connectivity index (χ3v) is 1.99. The molecule has 0 aliphatic rings. The first kappa shape index (κ1) is 11.7. The number of carbonyl (C=O) groups excluding carboxylic acids is 2. The van der Waals surface area contributed by atoms with E-state index in [0.29, 0.717) is 5.56 Å². The van der Waals surface area contributed by atoms with E-state index in [1.807, 2.05) is 0 Å². The van der Waals surface area contributed by atoms with Gasteiger partial charge in [-0.3, -0.25) is 4.79 Å². The Morgan fingerprint density at radius 3 is 2.13 bits per heavy atom. The maximum Gasteiger partial charge on any atom is 0.337 e. The van der Waals surface area contributed by atoms with Crippen LogP contribution in [0.15, 0.2) is 24.3 Å². The van der Waals surface area contributed by atoms with Crippen LogP contribution in [0.1, 0.15) is 20.7 Å². The molecule has 5 heteroatoms. The van der Waals surface area contributed by atoms with E-state index in [9.17, 15) is 14.0 Å². The average molecular weight is 231 g/mol. The Morgan fingerprint density at radius 2 is 1.73 bits per heavy atom. The number of halogens is 2. The molecule has 0 saturated carbocycles.